The van der Waals surface area contributed by atoms with Crippen molar-refractivity contribution in [2.75, 3.05) is 20.2 Å². The van der Waals surface area contributed by atoms with Gasteiger partial charge < -0.3 is 9.64 Å². The quantitative estimate of drug-likeness (QED) is 0.414. The fourth-order valence-electron chi connectivity index (χ4n) is 4.29. The number of carbonyl (C=O) groups excluding carboxylic acids is 1. The Morgan fingerprint density at radius 2 is 1.90 bits per heavy atom. The minimum Gasteiger partial charge on any atom is -0.501 e. The van der Waals surface area contributed by atoms with E-state index in [-0.39, 0.29) is 5.91 Å². The average molecular weight is 422 g/mol. The predicted molar refractivity (Wildman–Crippen MR) is 125 cm³/mol. The molecule has 1 amide bonds. The van der Waals surface area contributed by atoms with Crippen LogP contribution in [-0.2, 0) is 11.2 Å². The summed E-state index contributed by atoms with van der Waals surface area (Å²) in [7, 11) is 1.73. The molecule has 31 heavy (non-hydrogen) atoms. The van der Waals surface area contributed by atoms with E-state index in [0.717, 1.165) is 67.9 Å². The van der Waals surface area contributed by atoms with E-state index < -0.39 is 0 Å². The van der Waals surface area contributed by atoms with Crippen LogP contribution in [0.5, 0.6) is 0 Å². The fraction of sp³-hybridized carbons (Fsp3) is 0.462. The number of rotatable bonds is 8. The third kappa shape index (κ3) is 5.27. The van der Waals surface area contributed by atoms with E-state index in [9.17, 15) is 4.79 Å². The molecular weight excluding hydrogens is 386 g/mol. The Labute approximate surface area is 186 Å². The third-order valence-corrected chi connectivity index (χ3v) is 6.05. The standard InChI is InChI=1S/C26H35N3O2/c1-5-7-14-23(20(3)31-4)21-15-17-28(18-16-21)26(30)24-19-27-29(25(24)11-6-2)22-12-9-8-10-13-22/h7-10,12-14,19,21H,5-6,11,15-18H2,1-4H3. The molecule has 1 saturated heterocycles. The molecule has 0 N–H and O–H groups in total. The van der Waals surface area contributed by atoms with Crippen LogP contribution in [-0.4, -0.2) is 40.8 Å². The lowest BCUT2D eigenvalue weighted by Crippen LogP contribution is -2.39. The Morgan fingerprint density at radius 3 is 2.52 bits per heavy atom. The highest BCUT2D eigenvalue weighted by Crippen LogP contribution is 2.29. The number of carbonyl (C=O) groups is 1. The Bertz CT molecular complexity index is 919. The maximum atomic E-state index is 13.4. The van der Waals surface area contributed by atoms with Gasteiger partial charge in [0.15, 0.2) is 0 Å². The van der Waals surface area contributed by atoms with Gasteiger partial charge in [0.05, 0.1) is 36.0 Å². The zero-order valence-electron chi connectivity index (χ0n) is 19.3. The summed E-state index contributed by atoms with van der Waals surface area (Å²) >= 11 is 0. The lowest BCUT2D eigenvalue weighted by molar-refractivity contribution is 0.0700. The van der Waals surface area contributed by atoms with Crippen LogP contribution >= 0.6 is 0 Å². The summed E-state index contributed by atoms with van der Waals surface area (Å²) in [6.07, 6.45) is 10.8. The fourth-order valence-corrected chi connectivity index (χ4v) is 4.29. The third-order valence-electron chi connectivity index (χ3n) is 6.05. The molecule has 0 unspecified atom stereocenters. The highest BCUT2D eigenvalue weighted by Gasteiger charge is 2.28. The van der Waals surface area contributed by atoms with E-state index in [1.54, 1.807) is 13.3 Å². The molecular formula is C26H35N3O2. The van der Waals surface area contributed by atoms with E-state index in [1.165, 1.54) is 5.57 Å². The second-order valence-electron chi connectivity index (χ2n) is 8.10. The number of allylic oxidation sites excluding steroid dienone is 4. The summed E-state index contributed by atoms with van der Waals surface area (Å²) in [5.41, 5.74) is 4.00. The van der Waals surface area contributed by atoms with Crippen LogP contribution in [0, 0.1) is 5.92 Å². The van der Waals surface area contributed by atoms with E-state index in [4.69, 9.17) is 4.74 Å². The molecule has 3 rings (SSSR count). The van der Waals surface area contributed by atoms with Gasteiger partial charge in [-0.15, -0.1) is 0 Å². The van der Waals surface area contributed by atoms with Crippen LogP contribution in [0.25, 0.3) is 5.69 Å². The van der Waals surface area contributed by atoms with Crippen molar-refractivity contribution in [1.82, 2.24) is 14.7 Å². The molecule has 2 aromatic rings. The van der Waals surface area contributed by atoms with Gasteiger partial charge >= 0.3 is 0 Å². The highest BCUT2D eigenvalue weighted by molar-refractivity contribution is 5.95. The largest absolute Gasteiger partial charge is 0.501 e. The molecule has 1 aromatic heterocycles. The molecule has 5 nitrogen and oxygen atoms in total. The van der Waals surface area contributed by atoms with E-state index in [0.29, 0.717) is 5.92 Å². The Hall–Kier alpha value is -2.82. The number of methoxy groups -OCH3 is 1. The van der Waals surface area contributed by atoms with Gasteiger partial charge in [-0.1, -0.05) is 50.6 Å². The molecule has 5 heteroatoms. The maximum absolute atomic E-state index is 13.4. The van der Waals surface area contributed by atoms with Crippen LogP contribution in [0.1, 0.15) is 62.5 Å². The van der Waals surface area contributed by atoms with Gasteiger partial charge in [0.1, 0.15) is 0 Å². The molecule has 2 heterocycles. The second-order valence-corrected chi connectivity index (χ2v) is 8.10. The van der Waals surface area contributed by atoms with Crippen LogP contribution in [0.2, 0.25) is 0 Å². The molecule has 0 spiro atoms. The summed E-state index contributed by atoms with van der Waals surface area (Å²) in [4.78, 5) is 15.4. The number of aromatic nitrogens is 2. The molecule has 1 aliphatic rings. The molecule has 1 fully saturated rings. The molecule has 1 aromatic carbocycles. The molecule has 0 radical (unpaired) electrons. The SMILES string of the molecule is CCC=CC(=C(C)OC)C1CCN(C(=O)c2cnn(-c3ccccc3)c2CCC)CC1. The first-order valence-electron chi connectivity index (χ1n) is 11.4. The first-order chi connectivity index (χ1) is 15.1. The first kappa shape index (κ1) is 22.9. The average Bonchev–Trinajstić information content (AvgIpc) is 3.23. The number of ether oxygens (including phenoxy) is 1. The molecule has 166 valence electrons. The number of benzene rings is 1. The number of nitrogens with zero attached hydrogens (tertiary/aromatic N) is 3. The maximum Gasteiger partial charge on any atom is 0.257 e. The van der Waals surface area contributed by atoms with Crippen molar-refractivity contribution in [3.8, 4) is 5.69 Å². The molecule has 1 aliphatic heterocycles. The number of hydrogen-bond donors (Lipinski definition) is 0. The van der Waals surface area contributed by atoms with Gasteiger partial charge in [-0.05, 0) is 56.2 Å². The van der Waals surface area contributed by atoms with Crippen molar-refractivity contribution < 1.29 is 9.53 Å². The van der Waals surface area contributed by atoms with Crippen molar-refractivity contribution in [1.29, 1.82) is 0 Å². The minimum atomic E-state index is 0.0992. The topological polar surface area (TPSA) is 47.4 Å². The summed E-state index contributed by atoms with van der Waals surface area (Å²) in [6.45, 7) is 7.82. The lowest BCUT2D eigenvalue weighted by atomic mass is 9.87. The van der Waals surface area contributed by atoms with Crippen molar-refractivity contribution in [2.45, 2.75) is 52.9 Å². The normalized spacial score (nSPS) is 15.9. The van der Waals surface area contributed by atoms with Gasteiger partial charge in [-0.25, -0.2) is 4.68 Å². The molecule has 0 atom stereocenters. The van der Waals surface area contributed by atoms with E-state index >= 15 is 0 Å². The van der Waals surface area contributed by atoms with Crippen LogP contribution in [0.15, 0.2) is 60.0 Å². The van der Waals surface area contributed by atoms with Gasteiger partial charge in [-0.3, -0.25) is 4.79 Å². The van der Waals surface area contributed by atoms with Crippen molar-refractivity contribution in [2.24, 2.45) is 5.92 Å². The predicted octanol–water partition coefficient (Wildman–Crippen LogP) is 5.56. The number of likely N-dealkylation sites (tertiary alicyclic amines) is 1. The minimum absolute atomic E-state index is 0.0992. The zero-order valence-corrected chi connectivity index (χ0v) is 19.3. The van der Waals surface area contributed by atoms with E-state index in [2.05, 4.69) is 31.1 Å². The Kier molecular flexibility index (Phi) is 8.10. The van der Waals surface area contributed by atoms with E-state index in [1.807, 2.05) is 46.8 Å². The molecule has 0 saturated carbocycles. The highest BCUT2D eigenvalue weighted by atomic mass is 16.5. The van der Waals surface area contributed by atoms with Crippen molar-refractivity contribution in [3.05, 3.63) is 71.3 Å². The van der Waals surface area contributed by atoms with Gasteiger partial charge in [-0.2, -0.15) is 5.10 Å². The molecule has 0 aliphatic carbocycles. The summed E-state index contributed by atoms with van der Waals surface area (Å²) < 4.78 is 7.45. The zero-order chi connectivity index (χ0) is 22.2. The smallest absolute Gasteiger partial charge is 0.257 e. The van der Waals surface area contributed by atoms with Crippen LogP contribution in [0.4, 0.5) is 0 Å². The van der Waals surface area contributed by atoms with Gasteiger partial charge in [0.25, 0.3) is 5.91 Å². The number of para-hydroxylation sites is 1. The van der Waals surface area contributed by atoms with Gasteiger partial charge in [0.2, 0.25) is 0 Å². The Morgan fingerprint density at radius 1 is 1.19 bits per heavy atom. The summed E-state index contributed by atoms with van der Waals surface area (Å²) in [5, 5.41) is 4.57. The van der Waals surface area contributed by atoms with Crippen LogP contribution in [0.3, 0.4) is 0 Å². The summed E-state index contributed by atoms with van der Waals surface area (Å²) in [5.74, 6) is 1.50. The van der Waals surface area contributed by atoms with Crippen molar-refractivity contribution >= 4 is 5.91 Å². The first-order valence-corrected chi connectivity index (χ1v) is 11.4. The van der Waals surface area contributed by atoms with Gasteiger partial charge in [0, 0.05) is 13.1 Å². The number of hydrogen-bond acceptors (Lipinski definition) is 3. The monoisotopic (exact) mass is 421 g/mol. The lowest BCUT2D eigenvalue weighted by Gasteiger charge is -2.33. The number of piperidine rings is 1. The number of amides is 1. The molecule has 0 bridgehead atoms. The Balaban J connectivity index is 1.77. The van der Waals surface area contributed by atoms with Crippen LogP contribution < -0.4 is 0 Å². The summed E-state index contributed by atoms with van der Waals surface area (Å²) in [6, 6.07) is 10.0. The van der Waals surface area contributed by atoms with Crippen molar-refractivity contribution in [3.63, 3.8) is 0 Å². The second kappa shape index (κ2) is 11.0.